The van der Waals surface area contributed by atoms with Crippen LogP contribution >= 0.6 is 11.3 Å². The number of ether oxygens (including phenoxy) is 1. The Morgan fingerprint density at radius 2 is 2.47 bits per heavy atom. The van der Waals surface area contributed by atoms with Gasteiger partial charge in [-0.1, -0.05) is 12.7 Å². The van der Waals surface area contributed by atoms with Crippen LogP contribution in [-0.4, -0.2) is 18.1 Å². The Balaban J connectivity index is 2.65. The number of carbonyl (C=O) groups is 1. The maximum absolute atomic E-state index is 11.3. The van der Waals surface area contributed by atoms with Crippen LogP contribution in [0.1, 0.15) is 15.2 Å². The van der Waals surface area contributed by atoms with E-state index in [4.69, 9.17) is 0 Å². The van der Waals surface area contributed by atoms with E-state index in [1.165, 1.54) is 18.4 Å². The summed E-state index contributed by atoms with van der Waals surface area (Å²) in [6.45, 7) is 3.72. The smallest absolute Gasteiger partial charge is 0.348 e. The lowest BCUT2D eigenvalue weighted by atomic mass is 10.2. The summed E-state index contributed by atoms with van der Waals surface area (Å²) in [4.78, 5) is 16.1. The van der Waals surface area contributed by atoms with Gasteiger partial charge in [-0.2, -0.15) is 0 Å². The SMILES string of the molecule is C=Cc1ccnc2cc(C(=O)OC)sc12. The topological polar surface area (TPSA) is 39.2 Å². The Labute approximate surface area is 91.0 Å². The van der Waals surface area contributed by atoms with Gasteiger partial charge in [0.1, 0.15) is 4.88 Å². The van der Waals surface area contributed by atoms with Crippen molar-refractivity contribution in [3.05, 3.63) is 35.3 Å². The molecule has 2 heterocycles. The first-order chi connectivity index (χ1) is 7.26. The zero-order chi connectivity index (χ0) is 10.8. The van der Waals surface area contributed by atoms with Crippen molar-refractivity contribution in [2.24, 2.45) is 0 Å². The molecule has 0 radical (unpaired) electrons. The molecular formula is C11H9NO2S. The lowest BCUT2D eigenvalue weighted by Crippen LogP contribution is -1.96. The molecule has 0 amide bonds. The monoisotopic (exact) mass is 219 g/mol. The molecule has 0 aromatic carbocycles. The first-order valence-electron chi connectivity index (χ1n) is 4.35. The fraction of sp³-hybridized carbons (Fsp3) is 0.0909. The van der Waals surface area contributed by atoms with Crippen molar-refractivity contribution >= 4 is 33.6 Å². The number of hydrogen-bond acceptors (Lipinski definition) is 4. The maximum Gasteiger partial charge on any atom is 0.348 e. The van der Waals surface area contributed by atoms with Crippen LogP contribution in [0.25, 0.3) is 16.3 Å². The van der Waals surface area contributed by atoms with Gasteiger partial charge in [0.2, 0.25) is 0 Å². The standard InChI is InChI=1S/C11H9NO2S/c1-3-7-4-5-12-8-6-9(11(13)14-2)15-10(7)8/h3-6H,1H2,2H3. The van der Waals surface area contributed by atoms with E-state index in [0.717, 1.165) is 15.8 Å². The van der Waals surface area contributed by atoms with Gasteiger partial charge < -0.3 is 4.74 Å². The third-order valence-corrected chi connectivity index (χ3v) is 3.20. The molecule has 0 aliphatic rings. The highest BCUT2D eigenvalue weighted by molar-refractivity contribution is 7.21. The fourth-order valence-electron chi connectivity index (χ4n) is 1.32. The number of esters is 1. The van der Waals surface area contributed by atoms with Gasteiger partial charge in [0.15, 0.2) is 0 Å². The van der Waals surface area contributed by atoms with Crippen LogP contribution in [0.15, 0.2) is 24.9 Å². The summed E-state index contributed by atoms with van der Waals surface area (Å²) in [6.07, 6.45) is 3.45. The first kappa shape index (κ1) is 9.86. The molecule has 15 heavy (non-hydrogen) atoms. The summed E-state index contributed by atoms with van der Waals surface area (Å²) in [5, 5.41) is 0. The van der Waals surface area contributed by atoms with Crippen LogP contribution in [0, 0.1) is 0 Å². The first-order valence-corrected chi connectivity index (χ1v) is 5.17. The second-order valence-electron chi connectivity index (χ2n) is 2.92. The summed E-state index contributed by atoms with van der Waals surface area (Å²) >= 11 is 1.37. The molecule has 2 rings (SSSR count). The summed E-state index contributed by atoms with van der Waals surface area (Å²) in [7, 11) is 1.37. The van der Waals surface area contributed by atoms with E-state index < -0.39 is 0 Å². The minimum Gasteiger partial charge on any atom is -0.465 e. The molecule has 76 valence electrons. The number of thiophene rings is 1. The van der Waals surface area contributed by atoms with Gasteiger partial charge in [-0.15, -0.1) is 11.3 Å². The zero-order valence-electron chi connectivity index (χ0n) is 8.19. The van der Waals surface area contributed by atoms with Crippen molar-refractivity contribution in [2.45, 2.75) is 0 Å². The average molecular weight is 219 g/mol. The Hall–Kier alpha value is -1.68. The molecule has 0 saturated heterocycles. The Bertz CT molecular complexity index is 530. The van der Waals surface area contributed by atoms with E-state index in [2.05, 4.69) is 16.3 Å². The number of nitrogens with zero attached hydrogens (tertiary/aromatic N) is 1. The fourth-order valence-corrected chi connectivity index (χ4v) is 2.36. The van der Waals surface area contributed by atoms with Gasteiger partial charge in [0.05, 0.1) is 17.3 Å². The Morgan fingerprint density at radius 3 is 3.13 bits per heavy atom. The van der Waals surface area contributed by atoms with E-state index in [1.807, 2.05) is 6.07 Å². The Kier molecular flexibility index (Phi) is 2.51. The molecule has 4 heteroatoms. The van der Waals surface area contributed by atoms with Gasteiger partial charge in [-0.25, -0.2) is 4.79 Å². The number of fused-ring (bicyclic) bond motifs is 1. The van der Waals surface area contributed by atoms with Crippen LogP contribution in [0.4, 0.5) is 0 Å². The molecule has 0 saturated carbocycles. The minimum atomic E-state index is -0.326. The van der Waals surface area contributed by atoms with Crippen molar-refractivity contribution in [2.75, 3.05) is 7.11 Å². The normalized spacial score (nSPS) is 10.2. The molecule has 0 unspecified atom stereocenters. The molecule has 0 atom stereocenters. The Morgan fingerprint density at radius 1 is 1.67 bits per heavy atom. The molecule has 0 fully saturated rings. The van der Waals surface area contributed by atoms with E-state index in [9.17, 15) is 4.79 Å². The quantitative estimate of drug-likeness (QED) is 0.729. The molecule has 2 aromatic rings. The molecule has 2 aromatic heterocycles. The number of methoxy groups -OCH3 is 1. The third kappa shape index (κ3) is 1.64. The highest BCUT2D eigenvalue weighted by atomic mass is 32.1. The average Bonchev–Trinajstić information content (AvgIpc) is 2.71. The van der Waals surface area contributed by atoms with E-state index in [-0.39, 0.29) is 5.97 Å². The minimum absolute atomic E-state index is 0.326. The van der Waals surface area contributed by atoms with Crippen molar-refractivity contribution in [3.8, 4) is 0 Å². The molecule has 3 nitrogen and oxygen atoms in total. The molecule has 0 aliphatic carbocycles. The van der Waals surface area contributed by atoms with Gasteiger partial charge in [0.25, 0.3) is 0 Å². The summed E-state index contributed by atoms with van der Waals surface area (Å²) in [5.74, 6) is -0.326. The van der Waals surface area contributed by atoms with Crippen LogP contribution < -0.4 is 0 Å². The zero-order valence-corrected chi connectivity index (χ0v) is 9.00. The lowest BCUT2D eigenvalue weighted by Gasteiger charge is -1.93. The van der Waals surface area contributed by atoms with Crippen molar-refractivity contribution in [1.82, 2.24) is 4.98 Å². The molecular weight excluding hydrogens is 210 g/mol. The molecule has 0 bridgehead atoms. The van der Waals surface area contributed by atoms with E-state index in [1.54, 1.807) is 18.3 Å². The number of pyridine rings is 1. The van der Waals surface area contributed by atoms with Crippen molar-refractivity contribution < 1.29 is 9.53 Å². The number of aromatic nitrogens is 1. The second-order valence-corrected chi connectivity index (χ2v) is 3.97. The third-order valence-electron chi connectivity index (χ3n) is 2.05. The van der Waals surface area contributed by atoms with Gasteiger partial charge in [0, 0.05) is 6.20 Å². The van der Waals surface area contributed by atoms with E-state index >= 15 is 0 Å². The molecule has 0 spiro atoms. The highest BCUT2D eigenvalue weighted by Crippen LogP contribution is 2.28. The van der Waals surface area contributed by atoms with Gasteiger partial charge >= 0.3 is 5.97 Å². The van der Waals surface area contributed by atoms with Gasteiger partial charge in [-0.05, 0) is 17.7 Å². The van der Waals surface area contributed by atoms with Crippen LogP contribution in [-0.2, 0) is 4.74 Å². The summed E-state index contributed by atoms with van der Waals surface area (Å²) < 4.78 is 5.62. The maximum atomic E-state index is 11.3. The molecule has 0 aliphatic heterocycles. The predicted octanol–water partition coefficient (Wildman–Crippen LogP) is 2.73. The van der Waals surface area contributed by atoms with E-state index in [0.29, 0.717) is 4.88 Å². The van der Waals surface area contributed by atoms with Crippen molar-refractivity contribution in [1.29, 1.82) is 0 Å². The number of rotatable bonds is 2. The van der Waals surface area contributed by atoms with Crippen molar-refractivity contribution in [3.63, 3.8) is 0 Å². The molecule has 0 N–H and O–H groups in total. The highest BCUT2D eigenvalue weighted by Gasteiger charge is 2.12. The lowest BCUT2D eigenvalue weighted by molar-refractivity contribution is 0.0606. The van der Waals surface area contributed by atoms with Crippen LogP contribution in [0.3, 0.4) is 0 Å². The predicted molar refractivity (Wildman–Crippen MR) is 61.1 cm³/mol. The second kappa shape index (κ2) is 3.82. The van der Waals surface area contributed by atoms with Crippen LogP contribution in [0.5, 0.6) is 0 Å². The van der Waals surface area contributed by atoms with Crippen LogP contribution in [0.2, 0.25) is 0 Å². The number of carbonyl (C=O) groups excluding carboxylic acids is 1. The number of hydrogen-bond donors (Lipinski definition) is 0. The summed E-state index contributed by atoms with van der Waals surface area (Å²) in [5.41, 5.74) is 1.79. The van der Waals surface area contributed by atoms with Gasteiger partial charge in [-0.3, -0.25) is 4.98 Å². The largest absolute Gasteiger partial charge is 0.465 e. The summed E-state index contributed by atoms with van der Waals surface area (Å²) in [6, 6.07) is 3.60.